The highest BCUT2D eigenvalue weighted by molar-refractivity contribution is 8.93. The molecule has 1 aliphatic carbocycles. The van der Waals surface area contributed by atoms with E-state index in [1.54, 1.807) is 0 Å². The van der Waals surface area contributed by atoms with Crippen molar-refractivity contribution < 1.29 is 0 Å². The molecule has 1 heterocycles. The lowest BCUT2D eigenvalue weighted by molar-refractivity contribution is 0.199. The highest BCUT2D eigenvalue weighted by Crippen LogP contribution is 2.31. The first-order valence-electron chi connectivity index (χ1n) is 7.24. The Morgan fingerprint density at radius 1 is 1.32 bits per heavy atom. The van der Waals surface area contributed by atoms with E-state index >= 15 is 0 Å². The number of aryl methyl sites for hydroxylation is 1. The molecule has 0 spiro atoms. The molecule has 19 heavy (non-hydrogen) atoms. The van der Waals surface area contributed by atoms with Gasteiger partial charge in [0.15, 0.2) is 5.13 Å². The molecule has 1 aromatic rings. The third kappa shape index (κ3) is 4.17. The number of hydrogen-bond acceptors (Lipinski definition) is 4. The van der Waals surface area contributed by atoms with Gasteiger partial charge in [-0.05, 0) is 38.8 Å². The maximum atomic E-state index is 4.72. The Labute approximate surface area is 131 Å². The minimum Gasteiger partial charge on any atom is -0.362 e. The summed E-state index contributed by atoms with van der Waals surface area (Å²) in [5.74, 6) is 0. The quantitative estimate of drug-likeness (QED) is 0.849. The van der Waals surface area contributed by atoms with E-state index in [-0.39, 0.29) is 17.0 Å². The van der Waals surface area contributed by atoms with Crippen LogP contribution >= 0.6 is 28.3 Å². The van der Waals surface area contributed by atoms with Gasteiger partial charge in [0, 0.05) is 17.5 Å². The second kappa shape index (κ2) is 8.22. The molecule has 1 aliphatic rings. The monoisotopic (exact) mass is 347 g/mol. The molecule has 1 atom stereocenters. The lowest BCUT2D eigenvalue weighted by Gasteiger charge is -2.31. The summed E-state index contributed by atoms with van der Waals surface area (Å²) in [6, 6.07) is 0.729. The van der Waals surface area contributed by atoms with Crippen molar-refractivity contribution in [2.45, 2.75) is 52.5 Å². The summed E-state index contributed by atoms with van der Waals surface area (Å²) in [6.07, 6.45) is 4.78. The molecule has 0 aliphatic heterocycles. The van der Waals surface area contributed by atoms with Crippen molar-refractivity contribution in [2.24, 2.45) is 0 Å². The number of aromatic nitrogens is 1. The van der Waals surface area contributed by atoms with E-state index in [2.05, 4.69) is 31.0 Å². The lowest BCUT2D eigenvalue weighted by atomic mass is 9.96. The first-order chi connectivity index (χ1) is 8.78. The SMILES string of the molecule is Br.CCCNc1nc2c(s1)C[C@@H](N(CC)CC)CC2. The van der Waals surface area contributed by atoms with Crippen LogP contribution in [0.15, 0.2) is 0 Å². The molecule has 0 aromatic carbocycles. The number of nitrogens with zero attached hydrogens (tertiary/aromatic N) is 2. The number of rotatable bonds is 6. The van der Waals surface area contributed by atoms with Crippen molar-refractivity contribution in [3.05, 3.63) is 10.6 Å². The van der Waals surface area contributed by atoms with Gasteiger partial charge in [-0.15, -0.1) is 28.3 Å². The van der Waals surface area contributed by atoms with Crippen molar-refractivity contribution in [1.29, 1.82) is 0 Å². The van der Waals surface area contributed by atoms with Crippen LogP contribution in [-0.4, -0.2) is 35.6 Å². The molecule has 1 N–H and O–H groups in total. The van der Waals surface area contributed by atoms with E-state index in [0.29, 0.717) is 0 Å². The van der Waals surface area contributed by atoms with E-state index in [1.165, 1.54) is 23.4 Å². The third-order valence-electron chi connectivity index (χ3n) is 3.77. The van der Waals surface area contributed by atoms with Gasteiger partial charge in [-0.1, -0.05) is 20.8 Å². The molecule has 1 aromatic heterocycles. The zero-order chi connectivity index (χ0) is 13.0. The minimum atomic E-state index is 0. The number of hydrogen-bond donors (Lipinski definition) is 1. The molecule has 0 radical (unpaired) electrons. The molecule has 2 rings (SSSR count). The van der Waals surface area contributed by atoms with E-state index in [0.717, 1.165) is 43.6 Å². The number of fused-ring (bicyclic) bond motifs is 1. The normalized spacial score (nSPS) is 18.0. The third-order valence-corrected chi connectivity index (χ3v) is 4.85. The van der Waals surface area contributed by atoms with Crippen LogP contribution in [0.5, 0.6) is 0 Å². The Kier molecular flexibility index (Phi) is 7.32. The van der Waals surface area contributed by atoms with Crippen LogP contribution < -0.4 is 5.32 Å². The van der Waals surface area contributed by atoms with Crippen molar-refractivity contribution in [3.63, 3.8) is 0 Å². The number of thiazole rings is 1. The van der Waals surface area contributed by atoms with E-state index < -0.39 is 0 Å². The summed E-state index contributed by atoms with van der Waals surface area (Å²) in [5.41, 5.74) is 1.35. The predicted molar refractivity (Wildman–Crippen MR) is 90.0 cm³/mol. The molecule has 110 valence electrons. The van der Waals surface area contributed by atoms with Gasteiger partial charge >= 0.3 is 0 Å². The average molecular weight is 348 g/mol. The van der Waals surface area contributed by atoms with Gasteiger partial charge in [0.25, 0.3) is 0 Å². The Balaban J connectivity index is 0.00000180. The average Bonchev–Trinajstić information content (AvgIpc) is 2.80. The number of halogens is 1. The molecule has 0 amide bonds. The second-order valence-electron chi connectivity index (χ2n) is 4.93. The second-order valence-corrected chi connectivity index (χ2v) is 6.02. The molecule has 0 unspecified atom stereocenters. The van der Waals surface area contributed by atoms with E-state index in [1.807, 2.05) is 11.3 Å². The Morgan fingerprint density at radius 2 is 2.05 bits per heavy atom. The van der Waals surface area contributed by atoms with Crippen LogP contribution in [0, 0.1) is 0 Å². The van der Waals surface area contributed by atoms with Crippen molar-refractivity contribution in [3.8, 4) is 0 Å². The van der Waals surface area contributed by atoms with Crippen LogP contribution in [0.1, 0.15) is 44.2 Å². The predicted octanol–water partition coefficient (Wildman–Crippen LogP) is 3.74. The van der Waals surface area contributed by atoms with Gasteiger partial charge in [0.1, 0.15) is 0 Å². The largest absolute Gasteiger partial charge is 0.362 e. The Hall–Kier alpha value is -0.130. The van der Waals surface area contributed by atoms with Crippen molar-refractivity contribution in [1.82, 2.24) is 9.88 Å². The van der Waals surface area contributed by atoms with Gasteiger partial charge in [-0.2, -0.15) is 0 Å². The maximum absolute atomic E-state index is 4.72. The summed E-state index contributed by atoms with van der Waals surface area (Å²) in [4.78, 5) is 8.82. The van der Waals surface area contributed by atoms with Crippen molar-refractivity contribution in [2.75, 3.05) is 25.0 Å². The van der Waals surface area contributed by atoms with Crippen LogP contribution in [-0.2, 0) is 12.8 Å². The topological polar surface area (TPSA) is 28.2 Å². The summed E-state index contributed by atoms with van der Waals surface area (Å²) >= 11 is 1.87. The molecule has 0 saturated heterocycles. The first-order valence-corrected chi connectivity index (χ1v) is 8.06. The first kappa shape index (κ1) is 16.9. The fourth-order valence-corrected chi connectivity index (χ4v) is 3.82. The Bertz CT molecular complexity index is 377. The molecule has 5 heteroatoms. The highest BCUT2D eigenvalue weighted by Gasteiger charge is 2.25. The van der Waals surface area contributed by atoms with Crippen LogP contribution in [0.2, 0.25) is 0 Å². The molecular formula is C14H26BrN3S. The smallest absolute Gasteiger partial charge is 0.183 e. The summed E-state index contributed by atoms with van der Waals surface area (Å²) in [7, 11) is 0. The van der Waals surface area contributed by atoms with Gasteiger partial charge in [0.05, 0.1) is 5.69 Å². The minimum absolute atomic E-state index is 0. The molecular weight excluding hydrogens is 322 g/mol. The van der Waals surface area contributed by atoms with E-state index in [9.17, 15) is 0 Å². The van der Waals surface area contributed by atoms with Gasteiger partial charge < -0.3 is 10.2 Å². The number of likely N-dealkylation sites (N-methyl/N-ethyl adjacent to an activating group) is 1. The van der Waals surface area contributed by atoms with Crippen molar-refractivity contribution >= 4 is 33.4 Å². The lowest BCUT2D eigenvalue weighted by Crippen LogP contribution is -2.38. The molecule has 0 fully saturated rings. The zero-order valence-electron chi connectivity index (χ0n) is 12.2. The molecule has 0 saturated carbocycles. The van der Waals surface area contributed by atoms with Crippen LogP contribution in [0.25, 0.3) is 0 Å². The highest BCUT2D eigenvalue weighted by atomic mass is 79.9. The fourth-order valence-electron chi connectivity index (χ4n) is 2.72. The Morgan fingerprint density at radius 3 is 2.68 bits per heavy atom. The summed E-state index contributed by atoms with van der Waals surface area (Å²) in [6.45, 7) is 10.1. The summed E-state index contributed by atoms with van der Waals surface area (Å²) in [5, 5.41) is 4.54. The van der Waals surface area contributed by atoms with Gasteiger partial charge in [-0.3, -0.25) is 0 Å². The fraction of sp³-hybridized carbons (Fsp3) is 0.786. The molecule has 3 nitrogen and oxygen atoms in total. The van der Waals surface area contributed by atoms with Gasteiger partial charge in [-0.25, -0.2) is 4.98 Å². The molecule has 0 bridgehead atoms. The van der Waals surface area contributed by atoms with Gasteiger partial charge in [0.2, 0.25) is 0 Å². The van der Waals surface area contributed by atoms with E-state index in [4.69, 9.17) is 4.98 Å². The maximum Gasteiger partial charge on any atom is 0.183 e. The van der Waals surface area contributed by atoms with Crippen LogP contribution in [0.4, 0.5) is 5.13 Å². The number of anilines is 1. The zero-order valence-corrected chi connectivity index (χ0v) is 14.8. The summed E-state index contributed by atoms with van der Waals surface area (Å²) < 4.78 is 0. The number of nitrogens with one attached hydrogen (secondary N) is 1. The van der Waals surface area contributed by atoms with Crippen LogP contribution in [0.3, 0.4) is 0 Å². The standard InChI is InChI=1S/C14H25N3S.BrH/c1-4-9-15-14-16-12-8-7-11(10-13(12)18-14)17(5-2)6-3;/h11H,4-10H2,1-3H3,(H,15,16);1H/t11-;/m0./s1.